The van der Waals surface area contributed by atoms with E-state index in [1.807, 2.05) is 20.8 Å². The highest BCUT2D eigenvalue weighted by Crippen LogP contribution is 2.19. The zero-order chi connectivity index (χ0) is 23.7. The molecular formula is C24H29FN2O5. The number of aldehydes is 1. The minimum Gasteiger partial charge on any atom is -0.507 e. The minimum atomic E-state index is -0.566. The highest BCUT2D eigenvalue weighted by molar-refractivity contribution is 5.96. The summed E-state index contributed by atoms with van der Waals surface area (Å²) < 4.78 is 18.6. The van der Waals surface area contributed by atoms with Crippen LogP contribution < -0.4 is 5.32 Å². The third-order valence-corrected chi connectivity index (χ3v) is 5.07. The van der Waals surface area contributed by atoms with Gasteiger partial charge in [0, 0.05) is 25.2 Å². The number of phenols is 1. The van der Waals surface area contributed by atoms with Crippen LogP contribution in [0.2, 0.25) is 0 Å². The van der Waals surface area contributed by atoms with E-state index in [-0.39, 0.29) is 35.1 Å². The summed E-state index contributed by atoms with van der Waals surface area (Å²) in [6, 6.07) is 9.86. The van der Waals surface area contributed by atoms with E-state index < -0.39 is 11.7 Å². The van der Waals surface area contributed by atoms with E-state index in [1.54, 1.807) is 12.1 Å². The van der Waals surface area contributed by atoms with Crippen molar-refractivity contribution in [3.8, 4) is 5.75 Å². The van der Waals surface area contributed by atoms with Crippen LogP contribution in [0.1, 0.15) is 59.9 Å². The lowest BCUT2D eigenvalue weighted by atomic mass is 10.1. The predicted octanol–water partition coefficient (Wildman–Crippen LogP) is 4.29. The molecule has 2 aromatic rings. The number of hydrogen-bond acceptors (Lipinski definition) is 5. The third kappa shape index (κ3) is 7.37. The maximum atomic E-state index is 13.2. The molecule has 0 radical (unpaired) electrons. The van der Waals surface area contributed by atoms with Gasteiger partial charge in [-0.3, -0.25) is 9.59 Å². The van der Waals surface area contributed by atoms with Gasteiger partial charge in [-0.05, 0) is 62.6 Å². The smallest absolute Gasteiger partial charge is 0.407 e. The Morgan fingerprint density at radius 3 is 2.50 bits per heavy atom. The largest absolute Gasteiger partial charge is 0.507 e. The molecule has 2 aromatic carbocycles. The molecule has 0 aliphatic rings. The van der Waals surface area contributed by atoms with Crippen LogP contribution in [0.25, 0.3) is 0 Å². The molecule has 0 saturated carbocycles. The van der Waals surface area contributed by atoms with Crippen LogP contribution in [0.3, 0.4) is 0 Å². The number of carbonyl (C=O) groups excluding carboxylic acids is 3. The Balaban J connectivity index is 2.07. The van der Waals surface area contributed by atoms with Crippen molar-refractivity contribution in [1.29, 1.82) is 0 Å². The molecule has 0 saturated heterocycles. The third-order valence-electron chi connectivity index (χ3n) is 5.07. The van der Waals surface area contributed by atoms with E-state index >= 15 is 0 Å². The Labute approximate surface area is 187 Å². The molecule has 0 heterocycles. The van der Waals surface area contributed by atoms with Gasteiger partial charge >= 0.3 is 6.09 Å². The van der Waals surface area contributed by atoms with Gasteiger partial charge in [0.2, 0.25) is 0 Å². The minimum absolute atomic E-state index is 0.0144. The summed E-state index contributed by atoms with van der Waals surface area (Å²) in [5, 5.41) is 12.4. The number of aromatic hydroxyl groups is 1. The SMILES string of the molecule is CCC(C)(C)OC(=O)NCCCN(Cc1ccc(F)cc1)C(=O)c1ccc(O)c(C=O)c1. The molecule has 0 aliphatic carbocycles. The molecule has 2 N–H and O–H groups in total. The van der Waals surface area contributed by atoms with Crippen molar-refractivity contribution in [2.45, 2.75) is 45.8 Å². The van der Waals surface area contributed by atoms with Gasteiger partial charge in [0.25, 0.3) is 5.91 Å². The lowest BCUT2D eigenvalue weighted by molar-refractivity contribution is 0.0362. The second-order valence-electron chi connectivity index (χ2n) is 8.03. The molecule has 0 unspecified atom stereocenters. The Kier molecular flexibility index (Phi) is 8.75. The number of hydrogen-bond donors (Lipinski definition) is 2. The molecule has 2 rings (SSSR count). The first-order valence-corrected chi connectivity index (χ1v) is 10.4. The molecule has 0 bridgehead atoms. The molecule has 0 spiro atoms. The number of nitrogens with zero attached hydrogens (tertiary/aromatic N) is 1. The van der Waals surface area contributed by atoms with E-state index in [2.05, 4.69) is 5.32 Å². The zero-order valence-corrected chi connectivity index (χ0v) is 18.6. The average molecular weight is 445 g/mol. The van der Waals surface area contributed by atoms with Crippen LogP contribution in [-0.4, -0.2) is 47.0 Å². The molecule has 0 aliphatic heterocycles. The van der Waals surface area contributed by atoms with Gasteiger partial charge in [-0.25, -0.2) is 9.18 Å². The van der Waals surface area contributed by atoms with Gasteiger partial charge in [0.15, 0.2) is 6.29 Å². The van der Waals surface area contributed by atoms with Gasteiger partial charge in [0.05, 0.1) is 5.56 Å². The van der Waals surface area contributed by atoms with Crippen molar-refractivity contribution in [3.63, 3.8) is 0 Å². The summed E-state index contributed by atoms with van der Waals surface area (Å²) in [4.78, 5) is 37.7. The molecule has 32 heavy (non-hydrogen) atoms. The fraction of sp³-hybridized carbons (Fsp3) is 0.375. The van der Waals surface area contributed by atoms with Crippen molar-refractivity contribution in [3.05, 3.63) is 65.0 Å². The Bertz CT molecular complexity index is 944. The number of rotatable bonds is 10. The van der Waals surface area contributed by atoms with Crippen molar-refractivity contribution in [2.75, 3.05) is 13.1 Å². The van der Waals surface area contributed by atoms with Crippen LogP contribution >= 0.6 is 0 Å². The topological polar surface area (TPSA) is 95.9 Å². The molecule has 0 aromatic heterocycles. The maximum Gasteiger partial charge on any atom is 0.407 e. The van der Waals surface area contributed by atoms with Crippen molar-refractivity contribution in [1.82, 2.24) is 10.2 Å². The highest BCUT2D eigenvalue weighted by Gasteiger charge is 2.21. The van der Waals surface area contributed by atoms with Crippen LogP contribution in [0.15, 0.2) is 42.5 Å². The lowest BCUT2D eigenvalue weighted by Crippen LogP contribution is -2.37. The summed E-state index contributed by atoms with van der Waals surface area (Å²) in [6.07, 6.45) is 1.08. The molecule has 2 amide bonds. The first kappa shape index (κ1) is 24.8. The number of halogens is 1. The van der Waals surface area contributed by atoms with Crippen molar-refractivity contribution < 1.29 is 28.6 Å². The number of carbonyl (C=O) groups is 3. The van der Waals surface area contributed by atoms with E-state index in [1.165, 1.54) is 35.2 Å². The van der Waals surface area contributed by atoms with E-state index in [0.717, 1.165) is 5.56 Å². The fourth-order valence-corrected chi connectivity index (χ4v) is 2.85. The summed E-state index contributed by atoms with van der Waals surface area (Å²) in [6.45, 7) is 6.36. The average Bonchev–Trinajstić information content (AvgIpc) is 2.76. The molecule has 7 nitrogen and oxygen atoms in total. The standard InChI is InChI=1S/C24H29FN2O5/c1-4-24(2,3)32-23(31)26-12-5-13-27(15-17-6-9-20(25)10-7-17)22(30)18-8-11-21(29)19(14-18)16-28/h6-11,14,16,29H,4-5,12-13,15H2,1-3H3,(H,26,31). The monoisotopic (exact) mass is 444 g/mol. The second kappa shape index (κ2) is 11.3. The second-order valence-corrected chi connectivity index (χ2v) is 8.03. The summed E-state index contributed by atoms with van der Waals surface area (Å²) in [5.74, 6) is -0.940. The van der Waals surface area contributed by atoms with Gasteiger partial charge < -0.3 is 20.1 Å². The summed E-state index contributed by atoms with van der Waals surface area (Å²) in [7, 11) is 0. The lowest BCUT2D eigenvalue weighted by Gasteiger charge is -2.25. The molecule has 0 fully saturated rings. The van der Waals surface area contributed by atoms with E-state index in [9.17, 15) is 23.9 Å². The van der Waals surface area contributed by atoms with E-state index in [0.29, 0.717) is 32.2 Å². The van der Waals surface area contributed by atoms with Crippen LogP contribution in [-0.2, 0) is 11.3 Å². The van der Waals surface area contributed by atoms with E-state index in [4.69, 9.17) is 4.74 Å². The maximum absolute atomic E-state index is 13.2. The van der Waals surface area contributed by atoms with Gasteiger partial charge in [-0.1, -0.05) is 19.1 Å². The molecule has 0 atom stereocenters. The van der Waals surface area contributed by atoms with Crippen molar-refractivity contribution in [2.24, 2.45) is 0 Å². The van der Waals surface area contributed by atoms with Crippen LogP contribution in [0.4, 0.5) is 9.18 Å². The highest BCUT2D eigenvalue weighted by atomic mass is 19.1. The fourth-order valence-electron chi connectivity index (χ4n) is 2.85. The van der Waals surface area contributed by atoms with Crippen LogP contribution in [0, 0.1) is 5.82 Å². The van der Waals surface area contributed by atoms with Gasteiger partial charge in [-0.15, -0.1) is 0 Å². The molecule has 8 heteroatoms. The number of phenolic OH excluding ortho intramolecular Hbond substituents is 1. The Morgan fingerprint density at radius 2 is 1.88 bits per heavy atom. The Morgan fingerprint density at radius 1 is 1.19 bits per heavy atom. The molecular weight excluding hydrogens is 415 g/mol. The molecule has 172 valence electrons. The summed E-state index contributed by atoms with van der Waals surface area (Å²) >= 11 is 0. The number of amides is 2. The first-order chi connectivity index (χ1) is 15.1. The number of benzene rings is 2. The van der Waals surface area contributed by atoms with Gasteiger partial charge in [-0.2, -0.15) is 0 Å². The number of ether oxygens (including phenoxy) is 1. The Hall–Kier alpha value is -3.42. The van der Waals surface area contributed by atoms with Crippen LogP contribution in [0.5, 0.6) is 5.75 Å². The first-order valence-electron chi connectivity index (χ1n) is 10.4. The predicted molar refractivity (Wildman–Crippen MR) is 118 cm³/mol. The normalized spacial score (nSPS) is 11.0. The summed E-state index contributed by atoms with van der Waals surface area (Å²) in [5.41, 5.74) is 0.417. The van der Waals surface area contributed by atoms with Gasteiger partial charge in [0.1, 0.15) is 17.2 Å². The quantitative estimate of drug-likeness (QED) is 0.421. The number of alkyl carbamates (subject to hydrolysis) is 1. The number of nitrogens with one attached hydrogen (secondary N) is 1. The van der Waals surface area contributed by atoms with Crippen molar-refractivity contribution >= 4 is 18.3 Å². The zero-order valence-electron chi connectivity index (χ0n) is 18.6.